The van der Waals surface area contributed by atoms with E-state index in [-0.39, 0.29) is 5.91 Å². The van der Waals surface area contributed by atoms with E-state index >= 15 is 0 Å². The van der Waals surface area contributed by atoms with Crippen molar-refractivity contribution in [2.75, 3.05) is 37.3 Å². The zero-order valence-electron chi connectivity index (χ0n) is 19.7. The van der Waals surface area contributed by atoms with Crippen molar-refractivity contribution in [1.29, 1.82) is 0 Å². The number of fused-ring (bicyclic) bond motifs is 1. The number of carbonyl (C=O) groups excluding carboxylic acids is 1. The quantitative estimate of drug-likeness (QED) is 0.228. The number of amides is 1. The SMILES string of the molecule is CCN(CC)CCN(C(=O)c1cccc(Oc2ccccc2)c1)c1nc2c(SC)cccc2s1. The van der Waals surface area contributed by atoms with Crippen molar-refractivity contribution in [1.82, 2.24) is 9.88 Å². The molecule has 0 aliphatic heterocycles. The van der Waals surface area contributed by atoms with Gasteiger partial charge in [0.15, 0.2) is 5.13 Å². The molecule has 0 unspecified atom stereocenters. The third kappa shape index (κ3) is 5.60. The summed E-state index contributed by atoms with van der Waals surface area (Å²) in [5, 5.41) is 0.725. The Balaban J connectivity index is 1.66. The van der Waals surface area contributed by atoms with Gasteiger partial charge in [-0.25, -0.2) is 4.98 Å². The van der Waals surface area contributed by atoms with Crippen molar-refractivity contribution < 1.29 is 9.53 Å². The molecule has 0 bridgehead atoms. The monoisotopic (exact) mass is 491 g/mol. The predicted octanol–water partition coefficient (Wildman–Crippen LogP) is 6.80. The first-order valence-electron chi connectivity index (χ1n) is 11.4. The topological polar surface area (TPSA) is 45.7 Å². The molecule has 4 aromatic rings. The maximum Gasteiger partial charge on any atom is 0.260 e. The zero-order valence-corrected chi connectivity index (χ0v) is 21.4. The highest BCUT2D eigenvalue weighted by Gasteiger charge is 2.23. The smallest absolute Gasteiger partial charge is 0.260 e. The van der Waals surface area contributed by atoms with Crippen molar-refractivity contribution in [3.63, 3.8) is 0 Å². The van der Waals surface area contributed by atoms with Crippen LogP contribution in [0.3, 0.4) is 0 Å². The van der Waals surface area contributed by atoms with Crippen LogP contribution in [-0.4, -0.2) is 48.2 Å². The Hall–Kier alpha value is -2.87. The van der Waals surface area contributed by atoms with Gasteiger partial charge < -0.3 is 9.64 Å². The number of hydrogen-bond donors (Lipinski definition) is 0. The minimum absolute atomic E-state index is 0.0737. The van der Waals surface area contributed by atoms with Gasteiger partial charge in [0.25, 0.3) is 5.91 Å². The van der Waals surface area contributed by atoms with Gasteiger partial charge in [-0.3, -0.25) is 9.69 Å². The number of anilines is 1. The molecule has 0 aliphatic carbocycles. The third-order valence-electron chi connectivity index (χ3n) is 5.66. The molecule has 3 aromatic carbocycles. The van der Waals surface area contributed by atoms with Crippen LogP contribution in [0.25, 0.3) is 10.2 Å². The van der Waals surface area contributed by atoms with Gasteiger partial charge in [-0.05, 0) is 61.8 Å². The molecule has 0 spiro atoms. The maximum absolute atomic E-state index is 13.8. The summed E-state index contributed by atoms with van der Waals surface area (Å²) in [4.78, 5) is 23.9. The van der Waals surface area contributed by atoms with E-state index in [9.17, 15) is 4.79 Å². The maximum atomic E-state index is 13.8. The van der Waals surface area contributed by atoms with Gasteiger partial charge in [0.1, 0.15) is 11.5 Å². The first-order chi connectivity index (χ1) is 16.6. The highest BCUT2D eigenvalue weighted by atomic mass is 32.2. The van der Waals surface area contributed by atoms with Gasteiger partial charge >= 0.3 is 0 Å². The van der Waals surface area contributed by atoms with Gasteiger partial charge in [0, 0.05) is 23.5 Å². The molecule has 5 nitrogen and oxygen atoms in total. The highest BCUT2D eigenvalue weighted by Crippen LogP contribution is 2.35. The lowest BCUT2D eigenvalue weighted by atomic mass is 10.2. The Labute approximate surface area is 209 Å². The number of nitrogens with zero attached hydrogens (tertiary/aromatic N) is 3. The van der Waals surface area contributed by atoms with E-state index in [1.54, 1.807) is 29.2 Å². The number of aromatic nitrogens is 1. The minimum atomic E-state index is -0.0737. The lowest BCUT2D eigenvalue weighted by Crippen LogP contribution is -2.38. The fourth-order valence-corrected chi connectivity index (χ4v) is 5.38. The molecule has 0 saturated heterocycles. The van der Waals surface area contributed by atoms with Crippen molar-refractivity contribution >= 4 is 44.4 Å². The Bertz CT molecular complexity index is 1240. The van der Waals surface area contributed by atoms with Gasteiger partial charge in [-0.2, -0.15) is 0 Å². The van der Waals surface area contributed by atoms with Crippen molar-refractivity contribution in [2.24, 2.45) is 0 Å². The molecule has 0 fully saturated rings. The summed E-state index contributed by atoms with van der Waals surface area (Å²) >= 11 is 3.23. The Morgan fingerprint density at radius 1 is 0.941 bits per heavy atom. The first-order valence-corrected chi connectivity index (χ1v) is 13.5. The fourth-order valence-electron chi connectivity index (χ4n) is 3.73. The summed E-state index contributed by atoms with van der Waals surface area (Å²) < 4.78 is 7.06. The number of para-hydroxylation sites is 2. The van der Waals surface area contributed by atoms with E-state index in [2.05, 4.69) is 37.1 Å². The molecular weight excluding hydrogens is 462 g/mol. The van der Waals surface area contributed by atoms with Crippen LogP contribution < -0.4 is 9.64 Å². The molecular formula is C27H29N3O2S2. The van der Waals surface area contributed by atoms with Crippen LogP contribution >= 0.6 is 23.1 Å². The second-order valence-corrected chi connectivity index (χ2v) is 9.59. The van der Waals surface area contributed by atoms with E-state index in [1.807, 2.05) is 59.5 Å². The Kier molecular flexibility index (Phi) is 8.21. The number of rotatable bonds is 10. The molecule has 1 heterocycles. The van der Waals surface area contributed by atoms with Gasteiger partial charge in [-0.1, -0.05) is 55.5 Å². The van der Waals surface area contributed by atoms with Crippen LogP contribution in [0.5, 0.6) is 11.5 Å². The molecule has 1 aromatic heterocycles. The molecule has 0 atom stereocenters. The van der Waals surface area contributed by atoms with Crippen molar-refractivity contribution in [3.8, 4) is 11.5 Å². The zero-order chi connectivity index (χ0) is 23.9. The van der Waals surface area contributed by atoms with E-state index in [0.717, 1.165) is 45.6 Å². The molecule has 4 rings (SSSR count). The number of carbonyl (C=O) groups is 1. The van der Waals surface area contributed by atoms with E-state index in [4.69, 9.17) is 9.72 Å². The van der Waals surface area contributed by atoms with Gasteiger partial charge in [0.2, 0.25) is 0 Å². The molecule has 176 valence electrons. The van der Waals surface area contributed by atoms with E-state index in [1.165, 1.54) is 0 Å². The van der Waals surface area contributed by atoms with Crippen LogP contribution in [-0.2, 0) is 0 Å². The number of thiazole rings is 1. The molecule has 0 aliphatic rings. The molecule has 0 saturated carbocycles. The number of hydrogen-bond acceptors (Lipinski definition) is 6. The van der Waals surface area contributed by atoms with Crippen LogP contribution in [0, 0.1) is 0 Å². The summed E-state index contributed by atoms with van der Waals surface area (Å²) in [6, 6.07) is 23.1. The largest absolute Gasteiger partial charge is 0.457 e. The highest BCUT2D eigenvalue weighted by molar-refractivity contribution is 7.98. The minimum Gasteiger partial charge on any atom is -0.457 e. The Morgan fingerprint density at radius 2 is 1.68 bits per heavy atom. The third-order valence-corrected chi connectivity index (χ3v) is 7.47. The van der Waals surface area contributed by atoms with Crippen LogP contribution in [0.15, 0.2) is 77.7 Å². The average Bonchev–Trinajstić information content (AvgIpc) is 3.31. The van der Waals surface area contributed by atoms with E-state index < -0.39 is 0 Å². The van der Waals surface area contributed by atoms with Crippen LogP contribution in [0.2, 0.25) is 0 Å². The number of benzene rings is 3. The summed E-state index contributed by atoms with van der Waals surface area (Å²) in [7, 11) is 0. The normalized spacial score (nSPS) is 11.2. The molecule has 0 radical (unpaired) electrons. The number of likely N-dealkylation sites (N-methyl/N-ethyl adjacent to an activating group) is 1. The van der Waals surface area contributed by atoms with Crippen molar-refractivity contribution in [2.45, 2.75) is 18.7 Å². The fraction of sp³-hybridized carbons (Fsp3) is 0.259. The van der Waals surface area contributed by atoms with Crippen molar-refractivity contribution in [3.05, 3.63) is 78.4 Å². The summed E-state index contributed by atoms with van der Waals surface area (Å²) in [6.45, 7) is 7.51. The second kappa shape index (κ2) is 11.5. The standard InChI is InChI=1S/C27H29N3O2S2/c1-4-29(5-2)17-18-30(27-28-25-23(33-3)15-10-16-24(25)34-27)26(31)20-11-9-14-22(19-20)32-21-12-7-6-8-13-21/h6-16,19H,4-5,17-18H2,1-3H3. The lowest BCUT2D eigenvalue weighted by molar-refractivity contribution is 0.0983. The molecule has 0 N–H and O–H groups in total. The van der Waals surface area contributed by atoms with Crippen LogP contribution in [0.4, 0.5) is 5.13 Å². The van der Waals surface area contributed by atoms with Crippen LogP contribution in [0.1, 0.15) is 24.2 Å². The first kappa shape index (κ1) is 24.3. The van der Waals surface area contributed by atoms with Gasteiger partial charge in [0.05, 0.1) is 10.2 Å². The summed E-state index contributed by atoms with van der Waals surface area (Å²) in [5.41, 5.74) is 1.54. The summed E-state index contributed by atoms with van der Waals surface area (Å²) in [5.74, 6) is 1.30. The van der Waals surface area contributed by atoms with Gasteiger partial charge in [-0.15, -0.1) is 11.8 Å². The average molecular weight is 492 g/mol. The number of ether oxygens (including phenoxy) is 1. The molecule has 7 heteroatoms. The number of thioether (sulfide) groups is 1. The second-order valence-electron chi connectivity index (χ2n) is 7.73. The van der Waals surface area contributed by atoms with E-state index in [0.29, 0.717) is 17.9 Å². The molecule has 34 heavy (non-hydrogen) atoms. The summed E-state index contributed by atoms with van der Waals surface area (Å²) in [6.07, 6.45) is 2.05. The predicted molar refractivity (Wildman–Crippen MR) is 144 cm³/mol. The molecule has 1 amide bonds. The lowest BCUT2D eigenvalue weighted by Gasteiger charge is -2.25. The Morgan fingerprint density at radius 3 is 2.41 bits per heavy atom.